The number of halogens is 6. The second-order valence-corrected chi connectivity index (χ2v) is 24.7. The zero-order valence-electron chi connectivity index (χ0n) is 60.0. The molecule has 0 saturated carbocycles. The average molecular weight is 1400 g/mol. The molecule has 0 fully saturated rings. The van der Waals surface area contributed by atoms with Crippen molar-refractivity contribution in [1.29, 1.82) is 0 Å². The molecular formula is C72H134F6O18. The minimum absolute atomic E-state index is 0.0378. The van der Waals surface area contributed by atoms with Crippen LogP contribution < -0.4 is 0 Å². The van der Waals surface area contributed by atoms with Crippen LogP contribution in [-0.2, 0) is 85.4 Å². The highest BCUT2D eigenvalue weighted by Gasteiger charge is 2.54. The van der Waals surface area contributed by atoms with Crippen molar-refractivity contribution in [2.24, 2.45) is 11.3 Å². The Bertz CT molecular complexity index is 1500. The lowest BCUT2D eigenvalue weighted by molar-refractivity contribution is -0.190. The van der Waals surface area contributed by atoms with Gasteiger partial charge in [-0.05, 0) is 19.3 Å². The molecule has 0 spiro atoms. The fraction of sp³-hybridized carbons (Fsp3) is 0.958. The maximum atomic E-state index is 13.7. The van der Waals surface area contributed by atoms with Crippen molar-refractivity contribution in [3.63, 3.8) is 0 Å². The summed E-state index contributed by atoms with van der Waals surface area (Å²) in [6.45, 7) is 13.8. The summed E-state index contributed by atoms with van der Waals surface area (Å²) in [6, 6.07) is 0. The van der Waals surface area contributed by atoms with E-state index in [1.54, 1.807) is 0 Å². The molecule has 0 N–H and O–H groups in total. The highest BCUT2D eigenvalue weighted by molar-refractivity contribution is 6.09. The van der Waals surface area contributed by atoms with E-state index in [2.05, 4.69) is 20.8 Å². The SMILES string of the molecule is CCCCCCCCCCCCOCCOCCOCCOCCOCC(COCCOCCOCCOCCOCCCCCCCCCCCC)(COCCOCCOCCOCCOCCCCCCCCCCCC)CC(=O)CC(C(=O)C(F)(F)F)C(=O)C(F)(F)F. The average Bonchev–Trinajstić information content (AvgIpc) is 0.826. The quantitative estimate of drug-likeness (QED) is 0.0317. The predicted octanol–water partition coefficient (Wildman–Crippen LogP) is 15.2. The van der Waals surface area contributed by atoms with E-state index in [1.165, 1.54) is 154 Å². The van der Waals surface area contributed by atoms with Gasteiger partial charge in [-0.25, -0.2) is 0 Å². The Morgan fingerprint density at radius 3 is 0.594 bits per heavy atom. The third-order valence-corrected chi connectivity index (χ3v) is 15.8. The molecule has 0 aliphatic carbocycles. The Labute approximate surface area is 575 Å². The van der Waals surface area contributed by atoms with Crippen LogP contribution in [0.25, 0.3) is 0 Å². The van der Waals surface area contributed by atoms with E-state index >= 15 is 0 Å². The number of ketones is 3. The van der Waals surface area contributed by atoms with E-state index in [0.29, 0.717) is 99.1 Å². The van der Waals surface area contributed by atoms with Crippen molar-refractivity contribution in [2.75, 3.05) is 198 Å². The number of hydrogen-bond donors (Lipinski definition) is 0. The summed E-state index contributed by atoms with van der Waals surface area (Å²) < 4.78 is 167. The molecule has 24 heteroatoms. The van der Waals surface area contributed by atoms with E-state index in [9.17, 15) is 40.7 Å². The van der Waals surface area contributed by atoms with Crippen LogP contribution in [0.15, 0.2) is 0 Å². The summed E-state index contributed by atoms with van der Waals surface area (Å²) in [7, 11) is 0. The van der Waals surface area contributed by atoms with Gasteiger partial charge >= 0.3 is 12.4 Å². The molecule has 0 unspecified atom stereocenters. The van der Waals surface area contributed by atoms with Crippen LogP contribution in [0.2, 0.25) is 0 Å². The summed E-state index contributed by atoms with van der Waals surface area (Å²) in [5.74, 6) is -10.6. The fourth-order valence-corrected chi connectivity index (χ4v) is 10.3. The summed E-state index contributed by atoms with van der Waals surface area (Å²) in [5.41, 5.74) is -1.56. The molecule has 0 rings (SSSR count). The largest absolute Gasteiger partial charge is 0.450 e. The van der Waals surface area contributed by atoms with Gasteiger partial charge in [0.2, 0.25) is 11.6 Å². The first-order chi connectivity index (χ1) is 46.7. The van der Waals surface area contributed by atoms with Gasteiger partial charge < -0.3 is 71.1 Å². The number of rotatable bonds is 81. The number of ether oxygens (including phenoxy) is 15. The van der Waals surface area contributed by atoms with Gasteiger partial charge in [-0.2, -0.15) is 26.3 Å². The molecule has 0 bridgehead atoms. The summed E-state index contributed by atoms with van der Waals surface area (Å²) in [4.78, 5) is 38.2. The molecule has 0 aliphatic rings. The van der Waals surface area contributed by atoms with Crippen molar-refractivity contribution >= 4 is 17.3 Å². The van der Waals surface area contributed by atoms with Crippen molar-refractivity contribution < 1.29 is 112 Å². The highest BCUT2D eigenvalue weighted by Crippen LogP contribution is 2.33. The van der Waals surface area contributed by atoms with Crippen molar-refractivity contribution in [1.82, 2.24) is 0 Å². The van der Waals surface area contributed by atoms with E-state index in [1.807, 2.05) is 0 Å². The van der Waals surface area contributed by atoms with Gasteiger partial charge in [0.1, 0.15) is 11.7 Å². The van der Waals surface area contributed by atoms with Gasteiger partial charge in [-0.15, -0.1) is 0 Å². The van der Waals surface area contributed by atoms with Crippen LogP contribution in [0.5, 0.6) is 0 Å². The topological polar surface area (TPSA) is 190 Å². The molecule has 0 aromatic heterocycles. The zero-order chi connectivity index (χ0) is 70.3. The maximum Gasteiger partial charge on any atom is 0.450 e. The molecule has 0 aliphatic heterocycles. The molecule has 0 amide bonds. The van der Waals surface area contributed by atoms with Crippen molar-refractivity contribution in [2.45, 2.75) is 239 Å². The Kier molecular flexibility index (Phi) is 69.9. The first kappa shape index (κ1) is 94.0. The first-order valence-electron chi connectivity index (χ1n) is 37.1. The smallest absolute Gasteiger partial charge is 0.379 e. The van der Waals surface area contributed by atoms with Crippen molar-refractivity contribution in [3.8, 4) is 0 Å². The Morgan fingerprint density at radius 2 is 0.406 bits per heavy atom. The lowest BCUT2D eigenvalue weighted by Gasteiger charge is -2.33. The molecule has 0 saturated heterocycles. The van der Waals surface area contributed by atoms with Gasteiger partial charge in [0.25, 0.3) is 0 Å². The summed E-state index contributed by atoms with van der Waals surface area (Å²) >= 11 is 0. The second kappa shape index (κ2) is 71.4. The summed E-state index contributed by atoms with van der Waals surface area (Å²) in [5, 5.41) is 0. The molecular weight excluding hydrogens is 1270 g/mol. The highest BCUT2D eigenvalue weighted by atomic mass is 19.4. The lowest BCUT2D eigenvalue weighted by Crippen LogP contribution is -2.44. The van der Waals surface area contributed by atoms with Crippen molar-refractivity contribution in [3.05, 3.63) is 0 Å². The van der Waals surface area contributed by atoms with E-state index in [-0.39, 0.29) is 99.1 Å². The molecule has 572 valence electrons. The Hall–Kier alpha value is -2.01. The number of hydrogen-bond acceptors (Lipinski definition) is 18. The zero-order valence-corrected chi connectivity index (χ0v) is 60.0. The van der Waals surface area contributed by atoms with Gasteiger partial charge in [-0.3, -0.25) is 14.4 Å². The molecule has 0 heterocycles. The van der Waals surface area contributed by atoms with Gasteiger partial charge in [0.15, 0.2) is 0 Å². The lowest BCUT2D eigenvalue weighted by atomic mass is 9.81. The predicted molar refractivity (Wildman–Crippen MR) is 360 cm³/mol. The fourth-order valence-electron chi connectivity index (χ4n) is 10.3. The number of carbonyl (C=O) groups is 3. The first-order valence-corrected chi connectivity index (χ1v) is 37.1. The second-order valence-electron chi connectivity index (χ2n) is 24.7. The molecule has 0 aromatic carbocycles. The molecule has 96 heavy (non-hydrogen) atoms. The molecule has 0 atom stereocenters. The van der Waals surface area contributed by atoms with Crippen LogP contribution in [0.1, 0.15) is 226 Å². The summed E-state index contributed by atoms with van der Waals surface area (Å²) in [6.07, 6.45) is 23.7. The van der Waals surface area contributed by atoms with E-state index in [4.69, 9.17) is 71.1 Å². The standard InChI is InChI=1S/C72H134F6O18/c1-4-7-10-13-16-19-22-25-28-31-34-82-37-40-85-43-46-88-49-52-91-55-58-94-63-70(62-66(79)61-67(68(80)71(73,74)75)69(81)72(76,77)78,64-95-59-56-92-53-50-89-47-44-86-41-38-83-35-32-29-26-23-20-17-14-11-8-5-2)65-96-60-57-93-54-51-90-48-45-87-42-39-84-36-33-30-27-24-21-18-15-12-9-6-3/h67H,4-65H2,1-3H3. The molecule has 0 radical (unpaired) electrons. The minimum Gasteiger partial charge on any atom is -0.379 e. The minimum atomic E-state index is -5.84. The number of unbranched alkanes of at least 4 members (excludes halogenated alkanes) is 27. The number of carbonyl (C=O) groups excluding carboxylic acids is 3. The van der Waals surface area contributed by atoms with Crippen LogP contribution in [0, 0.1) is 11.3 Å². The van der Waals surface area contributed by atoms with E-state index in [0.717, 1.165) is 38.5 Å². The van der Waals surface area contributed by atoms with Crippen LogP contribution >= 0.6 is 0 Å². The van der Waals surface area contributed by atoms with Gasteiger partial charge in [-0.1, -0.05) is 194 Å². The third kappa shape index (κ3) is 65.3. The Morgan fingerprint density at radius 1 is 0.240 bits per heavy atom. The Balaban J connectivity index is 5.26. The number of alkyl halides is 6. The molecule has 0 aromatic rings. The van der Waals surface area contributed by atoms with Crippen LogP contribution in [0.4, 0.5) is 26.3 Å². The number of Topliss-reactive ketones (excluding diaryl/α,β-unsaturated/α-hetero) is 3. The van der Waals surface area contributed by atoms with Crippen LogP contribution in [-0.4, -0.2) is 228 Å². The van der Waals surface area contributed by atoms with E-state index < -0.39 is 53.9 Å². The van der Waals surface area contributed by atoms with Gasteiger partial charge in [0, 0.05) is 38.1 Å². The molecule has 18 nitrogen and oxygen atoms in total. The maximum absolute atomic E-state index is 13.7. The third-order valence-electron chi connectivity index (χ3n) is 15.8. The van der Waals surface area contributed by atoms with Crippen LogP contribution in [0.3, 0.4) is 0 Å². The monoisotopic (exact) mass is 1400 g/mol. The van der Waals surface area contributed by atoms with Gasteiger partial charge in [0.05, 0.1) is 178 Å². The normalized spacial score (nSPS) is 12.3.